The van der Waals surface area contributed by atoms with E-state index in [2.05, 4.69) is 24.1 Å². The zero-order chi connectivity index (χ0) is 12.3. The maximum atomic E-state index is 12.8. The van der Waals surface area contributed by atoms with E-state index in [1.54, 1.807) is 11.3 Å². The Morgan fingerprint density at radius 1 is 1.18 bits per heavy atom. The highest BCUT2D eigenvalue weighted by Crippen LogP contribution is 2.21. The Morgan fingerprint density at radius 2 is 1.88 bits per heavy atom. The minimum atomic E-state index is -0.198. The van der Waals surface area contributed by atoms with Crippen LogP contribution in [0.1, 0.15) is 36.4 Å². The van der Waals surface area contributed by atoms with Crippen LogP contribution in [0.15, 0.2) is 36.0 Å². The highest BCUT2D eigenvalue weighted by atomic mass is 32.1. The second kappa shape index (κ2) is 5.38. The molecule has 4 heteroatoms. The standard InChI is InChI=1S/C13H15FN2S/c1-9(11-3-5-12(14)6-4-11)16-10(2)13-7-15-8-17-13/h3-10,16H,1-2H3/t9-,10?/m1/s1. The van der Waals surface area contributed by atoms with Gasteiger partial charge in [-0.1, -0.05) is 12.1 Å². The molecule has 17 heavy (non-hydrogen) atoms. The highest BCUT2D eigenvalue weighted by Gasteiger charge is 2.12. The summed E-state index contributed by atoms with van der Waals surface area (Å²) in [5, 5.41) is 3.47. The first-order chi connectivity index (χ1) is 8.16. The van der Waals surface area contributed by atoms with Gasteiger partial charge in [-0.2, -0.15) is 0 Å². The number of benzene rings is 1. The average Bonchev–Trinajstić information content (AvgIpc) is 2.83. The molecule has 2 aromatic rings. The van der Waals surface area contributed by atoms with Crippen LogP contribution in [0.25, 0.3) is 0 Å². The van der Waals surface area contributed by atoms with E-state index in [1.807, 2.05) is 23.8 Å². The molecule has 0 spiro atoms. The van der Waals surface area contributed by atoms with Gasteiger partial charge in [0.1, 0.15) is 5.82 Å². The Kier molecular flexibility index (Phi) is 3.86. The van der Waals surface area contributed by atoms with Crippen LogP contribution in [0.5, 0.6) is 0 Å². The Labute approximate surface area is 105 Å². The molecule has 0 aliphatic carbocycles. The number of hydrogen-bond donors (Lipinski definition) is 1. The van der Waals surface area contributed by atoms with E-state index in [0.29, 0.717) is 0 Å². The lowest BCUT2D eigenvalue weighted by atomic mass is 10.1. The molecule has 0 fully saturated rings. The van der Waals surface area contributed by atoms with Crippen molar-refractivity contribution in [3.63, 3.8) is 0 Å². The Balaban J connectivity index is 2.01. The predicted molar refractivity (Wildman–Crippen MR) is 68.5 cm³/mol. The molecular formula is C13H15FN2S. The van der Waals surface area contributed by atoms with Crippen LogP contribution < -0.4 is 5.32 Å². The Hall–Kier alpha value is -1.26. The zero-order valence-corrected chi connectivity index (χ0v) is 10.7. The third-order valence-electron chi connectivity index (χ3n) is 2.75. The molecule has 2 nitrogen and oxygen atoms in total. The van der Waals surface area contributed by atoms with Crippen molar-refractivity contribution in [3.05, 3.63) is 52.2 Å². The fourth-order valence-electron chi connectivity index (χ4n) is 1.74. The molecule has 2 atom stereocenters. The lowest BCUT2D eigenvalue weighted by Gasteiger charge is -2.19. The van der Waals surface area contributed by atoms with Crippen molar-refractivity contribution in [1.29, 1.82) is 0 Å². The van der Waals surface area contributed by atoms with E-state index in [9.17, 15) is 4.39 Å². The Morgan fingerprint density at radius 3 is 2.47 bits per heavy atom. The maximum absolute atomic E-state index is 12.8. The van der Waals surface area contributed by atoms with Crippen molar-refractivity contribution in [1.82, 2.24) is 10.3 Å². The number of nitrogens with one attached hydrogen (secondary N) is 1. The van der Waals surface area contributed by atoms with Crippen LogP contribution in [0.3, 0.4) is 0 Å². The summed E-state index contributed by atoms with van der Waals surface area (Å²) < 4.78 is 12.8. The highest BCUT2D eigenvalue weighted by molar-refractivity contribution is 7.09. The number of halogens is 1. The number of aromatic nitrogens is 1. The molecule has 0 aliphatic rings. The summed E-state index contributed by atoms with van der Waals surface area (Å²) in [5.74, 6) is -0.198. The van der Waals surface area contributed by atoms with Crippen LogP contribution in [-0.2, 0) is 0 Å². The summed E-state index contributed by atoms with van der Waals surface area (Å²) in [7, 11) is 0. The van der Waals surface area contributed by atoms with Crippen molar-refractivity contribution in [2.45, 2.75) is 25.9 Å². The molecular weight excluding hydrogens is 235 g/mol. The third-order valence-corrected chi connectivity index (χ3v) is 3.71. The van der Waals surface area contributed by atoms with Gasteiger partial charge >= 0.3 is 0 Å². The van der Waals surface area contributed by atoms with Gasteiger partial charge in [0.15, 0.2) is 0 Å². The van der Waals surface area contributed by atoms with Crippen LogP contribution in [-0.4, -0.2) is 4.98 Å². The summed E-state index contributed by atoms with van der Waals surface area (Å²) >= 11 is 1.64. The van der Waals surface area contributed by atoms with Gasteiger partial charge in [-0.3, -0.25) is 4.98 Å². The number of rotatable bonds is 4. The van der Waals surface area contributed by atoms with Gasteiger partial charge in [0.25, 0.3) is 0 Å². The van der Waals surface area contributed by atoms with Crippen molar-refractivity contribution in [2.24, 2.45) is 0 Å². The van der Waals surface area contributed by atoms with E-state index in [-0.39, 0.29) is 17.9 Å². The smallest absolute Gasteiger partial charge is 0.123 e. The lowest BCUT2D eigenvalue weighted by molar-refractivity contribution is 0.498. The van der Waals surface area contributed by atoms with Crippen molar-refractivity contribution < 1.29 is 4.39 Å². The summed E-state index contributed by atoms with van der Waals surface area (Å²) in [4.78, 5) is 5.27. The van der Waals surface area contributed by atoms with Gasteiger partial charge in [-0.15, -0.1) is 11.3 Å². The van der Waals surface area contributed by atoms with Crippen LogP contribution in [0.4, 0.5) is 4.39 Å². The van der Waals surface area contributed by atoms with Gasteiger partial charge in [0, 0.05) is 23.2 Å². The first kappa shape index (κ1) is 12.2. The normalized spacial score (nSPS) is 14.5. The average molecular weight is 250 g/mol. The van der Waals surface area contributed by atoms with Gasteiger partial charge in [0.05, 0.1) is 5.51 Å². The van der Waals surface area contributed by atoms with Gasteiger partial charge in [-0.05, 0) is 31.5 Å². The van der Waals surface area contributed by atoms with Gasteiger partial charge in [0.2, 0.25) is 0 Å². The second-order valence-electron chi connectivity index (χ2n) is 4.07. The molecule has 0 saturated carbocycles. The first-order valence-corrected chi connectivity index (χ1v) is 6.44. The fourth-order valence-corrected chi connectivity index (χ4v) is 2.38. The summed E-state index contributed by atoms with van der Waals surface area (Å²) in [6, 6.07) is 7.05. The maximum Gasteiger partial charge on any atom is 0.123 e. The SMILES string of the molecule is CC(N[C@H](C)c1ccc(F)cc1)c1cncs1. The van der Waals surface area contributed by atoms with Crippen LogP contribution >= 0.6 is 11.3 Å². The van der Waals surface area contributed by atoms with Gasteiger partial charge in [-0.25, -0.2) is 4.39 Å². The molecule has 0 bridgehead atoms. The number of nitrogens with zero attached hydrogens (tertiary/aromatic N) is 1. The molecule has 0 radical (unpaired) electrons. The van der Waals surface area contributed by atoms with E-state index in [0.717, 1.165) is 5.56 Å². The number of thiazole rings is 1. The lowest BCUT2D eigenvalue weighted by Crippen LogP contribution is -2.21. The molecule has 1 N–H and O–H groups in total. The van der Waals surface area contributed by atoms with Gasteiger partial charge < -0.3 is 5.32 Å². The predicted octanol–water partition coefficient (Wildman–Crippen LogP) is 3.69. The Bertz CT molecular complexity index is 453. The summed E-state index contributed by atoms with van der Waals surface area (Å²) in [6.45, 7) is 4.18. The van der Waals surface area contributed by atoms with E-state index in [1.165, 1.54) is 17.0 Å². The topological polar surface area (TPSA) is 24.9 Å². The summed E-state index contributed by atoms with van der Waals surface area (Å²) in [6.07, 6.45) is 1.87. The van der Waals surface area contributed by atoms with Crippen molar-refractivity contribution in [3.8, 4) is 0 Å². The molecule has 1 aromatic carbocycles. The third kappa shape index (κ3) is 3.11. The van der Waals surface area contributed by atoms with Crippen molar-refractivity contribution in [2.75, 3.05) is 0 Å². The molecule has 0 aliphatic heterocycles. The van der Waals surface area contributed by atoms with E-state index < -0.39 is 0 Å². The van der Waals surface area contributed by atoms with E-state index >= 15 is 0 Å². The van der Waals surface area contributed by atoms with Crippen LogP contribution in [0, 0.1) is 5.82 Å². The monoisotopic (exact) mass is 250 g/mol. The summed E-state index contributed by atoms with van der Waals surface area (Å²) in [5.41, 5.74) is 2.92. The minimum absolute atomic E-state index is 0.188. The first-order valence-electron chi connectivity index (χ1n) is 5.56. The zero-order valence-electron chi connectivity index (χ0n) is 9.85. The molecule has 1 heterocycles. The second-order valence-corrected chi connectivity index (χ2v) is 4.98. The quantitative estimate of drug-likeness (QED) is 0.895. The molecule has 0 saturated heterocycles. The largest absolute Gasteiger partial charge is 0.303 e. The van der Waals surface area contributed by atoms with Crippen LogP contribution in [0.2, 0.25) is 0 Å². The molecule has 2 rings (SSSR count). The molecule has 0 amide bonds. The van der Waals surface area contributed by atoms with Crippen molar-refractivity contribution >= 4 is 11.3 Å². The molecule has 1 aromatic heterocycles. The minimum Gasteiger partial charge on any atom is -0.303 e. The molecule has 1 unspecified atom stereocenters. The molecule has 90 valence electrons. The van der Waals surface area contributed by atoms with E-state index in [4.69, 9.17) is 0 Å². The fraction of sp³-hybridized carbons (Fsp3) is 0.308. The number of hydrogen-bond acceptors (Lipinski definition) is 3.